The summed E-state index contributed by atoms with van der Waals surface area (Å²) in [6.07, 6.45) is 6.88. The van der Waals surface area contributed by atoms with E-state index in [1.165, 1.54) is 6.40 Å². The molecule has 5 heavy (non-hydrogen) atoms. The van der Waals surface area contributed by atoms with Crippen molar-refractivity contribution in [2.45, 2.75) is 0 Å². The summed E-state index contributed by atoms with van der Waals surface area (Å²) in [6, 6.07) is 0. The van der Waals surface area contributed by atoms with Gasteiger partial charge in [0.05, 0.1) is 1.37 Å². The summed E-state index contributed by atoms with van der Waals surface area (Å²) in [7, 11) is 0. The average Bonchev–Trinajstić information content (AvgIpc) is 0.918. The van der Waals surface area contributed by atoms with E-state index < -0.39 is 0 Å². The van der Waals surface area contributed by atoms with Gasteiger partial charge in [0.25, 0.3) is 0 Å². The molecule has 0 nitrogen and oxygen atoms in total. The quantitative estimate of drug-likeness (QED) is 0.330. The SMILES string of the molecule is [3H]C#[C-].[U].[V].[W]. The maximum Gasteiger partial charge on any atom is 0.0741 e. The molecule has 0 amide bonds. The van der Waals surface area contributed by atoms with Gasteiger partial charge in [-0.15, -0.1) is 0 Å². The summed E-state index contributed by atoms with van der Waals surface area (Å²) in [5, 5.41) is 0. The molecule has 0 aromatic heterocycles. The van der Waals surface area contributed by atoms with Crippen molar-refractivity contribution in [2.75, 3.05) is 0 Å². The molecule has 0 fully saturated rings. The summed E-state index contributed by atoms with van der Waals surface area (Å²) in [4.78, 5) is 0. The molecular weight excluding hydrogens is 497 g/mol. The van der Waals surface area contributed by atoms with Crippen LogP contribution in [-0.2, 0) is 39.6 Å². The second kappa shape index (κ2) is 39.5. The third-order valence-electron chi connectivity index (χ3n) is 0. The van der Waals surface area contributed by atoms with Gasteiger partial charge in [-0.05, 0) is 0 Å². The minimum Gasteiger partial charge on any atom is -0.697 e. The molecule has 0 bridgehead atoms. The Bertz CT molecular complexity index is 35.0. The summed E-state index contributed by atoms with van der Waals surface area (Å²) in [5.74, 6) is 0. The fourth-order valence-electron chi connectivity index (χ4n) is 0. The van der Waals surface area contributed by atoms with Crippen molar-refractivity contribution in [3.63, 3.8) is 0 Å². The van der Waals surface area contributed by atoms with Gasteiger partial charge in [-0.3, -0.25) is 0 Å². The maximum absolute atomic E-state index is 5.62. The van der Waals surface area contributed by atoms with E-state index in [-0.39, 0.29) is 70.7 Å². The molecule has 0 aliphatic heterocycles. The predicted molar refractivity (Wildman–Crippen MR) is 8.19 cm³/mol. The Morgan fingerprint density at radius 1 is 1.80 bits per heavy atom. The van der Waals surface area contributed by atoms with Crippen molar-refractivity contribution >= 4 is 0 Å². The largest absolute Gasteiger partial charge is 0.697 e. The van der Waals surface area contributed by atoms with Crippen molar-refractivity contribution in [3.8, 4) is 6.40 Å². The Kier molecular flexibility index (Phi) is 125. The van der Waals surface area contributed by atoms with E-state index in [4.69, 9.17) is 7.79 Å². The van der Waals surface area contributed by atoms with Crippen LogP contribution in [0, 0.1) is 43.9 Å². The van der Waals surface area contributed by atoms with Gasteiger partial charge in [0.2, 0.25) is 0 Å². The third kappa shape index (κ3) is 25.0. The fraction of sp³-hybridized carbons (Fsp3) is 0. The Labute approximate surface area is 83.8 Å². The van der Waals surface area contributed by atoms with Gasteiger partial charge >= 0.3 is 0 Å². The standard InChI is InChI=1S/C2H.U.V.W/c1-2;;;/h1H;;;/q-1;;;/i1T;;;. The number of hydrogen-bond donors (Lipinski definition) is 0. The minimum atomic E-state index is 0. The number of rotatable bonds is 0. The van der Waals surface area contributed by atoms with Crippen LogP contribution in [0.4, 0.5) is 0 Å². The average molecular weight is 500 g/mol. The zero-order valence-electron chi connectivity index (χ0n) is 3.36. The molecule has 0 rings (SSSR count). The van der Waals surface area contributed by atoms with Gasteiger partial charge in [-0.2, -0.15) is 0 Å². The molecule has 0 aromatic rings. The van der Waals surface area contributed by atoms with E-state index >= 15 is 0 Å². The summed E-state index contributed by atoms with van der Waals surface area (Å²) < 4.78 is 5.62. The van der Waals surface area contributed by atoms with Gasteiger partial charge in [0, 0.05) is 70.7 Å². The molecule has 0 unspecified atom stereocenters. The molecule has 0 aliphatic carbocycles. The molecule has 0 saturated heterocycles. The normalized spacial score (nSPS) is 1.80. The van der Waals surface area contributed by atoms with Crippen molar-refractivity contribution in [1.82, 2.24) is 0 Å². The van der Waals surface area contributed by atoms with Crippen LogP contribution < -0.4 is 0 Å². The van der Waals surface area contributed by atoms with Crippen molar-refractivity contribution in [2.24, 2.45) is 0 Å². The first-order valence-corrected chi connectivity index (χ1v) is 0.250. The van der Waals surface area contributed by atoms with Crippen LogP contribution in [0.1, 0.15) is 1.37 Å². The summed E-state index contributed by atoms with van der Waals surface area (Å²) in [6.45, 7) is 0. The van der Waals surface area contributed by atoms with Crippen molar-refractivity contribution in [3.05, 3.63) is 6.42 Å². The molecule has 0 aliphatic rings. The molecule has 0 spiro atoms. The van der Waals surface area contributed by atoms with E-state index in [9.17, 15) is 0 Å². The van der Waals surface area contributed by atoms with Gasteiger partial charge in [0.1, 0.15) is 0 Å². The second-order valence-corrected chi connectivity index (χ2v) is 0. The van der Waals surface area contributed by atoms with E-state index in [0.717, 1.165) is 0 Å². The first-order valence-electron chi connectivity index (χ1n) is 0.750. The second-order valence-electron chi connectivity index (χ2n) is 0. The van der Waals surface area contributed by atoms with Crippen LogP contribution >= 0.6 is 0 Å². The summed E-state index contributed by atoms with van der Waals surface area (Å²) in [5.41, 5.74) is 0. The predicted octanol–water partition coefficient (Wildman–Crippen LogP) is 0.201. The zero-order valence-corrected chi connectivity index (χ0v) is 10.8. The molecule has 25 valence electrons. The zero-order chi connectivity index (χ0) is 2.71. The van der Waals surface area contributed by atoms with E-state index in [1.807, 2.05) is 0 Å². The Balaban J connectivity index is -0.00000000667. The third-order valence-corrected chi connectivity index (χ3v) is 0. The monoisotopic (exact) mass is 500 g/mol. The Hall–Kier alpha value is 1.88. The van der Waals surface area contributed by atoms with Gasteiger partial charge in [-0.1, -0.05) is 0 Å². The van der Waals surface area contributed by atoms with Crippen LogP contribution in [0.2, 0.25) is 0 Å². The molecule has 1 radical (unpaired) electrons. The van der Waals surface area contributed by atoms with Gasteiger partial charge < -0.3 is 12.8 Å². The maximum atomic E-state index is 5.62. The molecule has 0 aromatic carbocycles. The molecular formula is C2HUVW-. The van der Waals surface area contributed by atoms with Crippen molar-refractivity contribution < 1.29 is 72.1 Å². The minimum absolute atomic E-state index is 0. The number of hydrogen-bond acceptors (Lipinski definition) is 0. The Morgan fingerprint density at radius 3 is 1.80 bits per heavy atom. The molecule has 0 N–H and O–H groups in total. The fourth-order valence-corrected chi connectivity index (χ4v) is 0. The smallest absolute Gasteiger partial charge is 0.0741 e. The first-order chi connectivity index (χ1) is 1.41. The molecule has 0 saturated carbocycles. The van der Waals surface area contributed by atoms with Crippen LogP contribution in [0.25, 0.3) is 0 Å². The topological polar surface area (TPSA) is 0 Å². The number of terminal acetylenes is 1. The molecule has 3 heteroatoms. The Morgan fingerprint density at radius 2 is 1.80 bits per heavy atom. The van der Waals surface area contributed by atoms with E-state index in [1.54, 1.807) is 0 Å². The van der Waals surface area contributed by atoms with E-state index in [2.05, 4.69) is 0 Å². The molecule has 0 heterocycles. The molecule has 0 atom stereocenters. The van der Waals surface area contributed by atoms with Gasteiger partial charge in [-0.25, -0.2) is 0 Å². The van der Waals surface area contributed by atoms with Crippen LogP contribution in [-0.4, -0.2) is 0 Å². The van der Waals surface area contributed by atoms with Gasteiger partial charge in [0.15, 0.2) is 0 Å². The summed E-state index contributed by atoms with van der Waals surface area (Å²) >= 11 is 0. The van der Waals surface area contributed by atoms with Crippen LogP contribution in [0.3, 0.4) is 0 Å². The first kappa shape index (κ1) is 15.8. The van der Waals surface area contributed by atoms with Crippen LogP contribution in [0.15, 0.2) is 0 Å². The van der Waals surface area contributed by atoms with Crippen molar-refractivity contribution in [1.29, 1.82) is 0 Å². The van der Waals surface area contributed by atoms with E-state index in [0.29, 0.717) is 0 Å². The van der Waals surface area contributed by atoms with Crippen LogP contribution in [0.5, 0.6) is 0 Å².